The van der Waals surface area contributed by atoms with Gasteiger partial charge in [0.1, 0.15) is 0 Å². The predicted octanol–water partition coefficient (Wildman–Crippen LogP) is 1.67. The summed E-state index contributed by atoms with van der Waals surface area (Å²) in [6.45, 7) is 3.84. The van der Waals surface area contributed by atoms with Gasteiger partial charge in [0.05, 0.1) is 6.10 Å². The van der Waals surface area contributed by atoms with E-state index in [4.69, 9.17) is 4.74 Å². The minimum atomic E-state index is -0.126. The van der Waals surface area contributed by atoms with E-state index < -0.39 is 0 Å². The van der Waals surface area contributed by atoms with Crippen LogP contribution in [0.25, 0.3) is 0 Å². The first-order valence-corrected chi connectivity index (χ1v) is 6.16. The van der Waals surface area contributed by atoms with Gasteiger partial charge in [-0.1, -0.05) is 0 Å². The Morgan fingerprint density at radius 3 is 2.46 bits per heavy atom. The second kappa shape index (κ2) is 3.14. The molecule has 13 heavy (non-hydrogen) atoms. The molecule has 3 heteroatoms. The fraction of sp³-hybridized carbons (Fsp3) is 1.00. The van der Waals surface area contributed by atoms with Crippen LogP contribution in [0.4, 0.5) is 0 Å². The Morgan fingerprint density at radius 2 is 2.00 bits per heavy atom. The lowest BCUT2D eigenvalue weighted by Crippen LogP contribution is -2.63. The molecule has 1 aliphatic carbocycles. The van der Waals surface area contributed by atoms with Crippen molar-refractivity contribution in [1.29, 1.82) is 0 Å². The quantitative estimate of drug-likeness (QED) is 0.701. The molecule has 1 heterocycles. The summed E-state index contributed by atoms with van der Waals surface area (Å²) in [4.78, 5) is 0. The second-order valence-corrected chi connectivity index (χ2v) is 5.91. The largest absolute Gasteiger partial charge is 0.391 e. The van der Waals surface area contributed by atoms with Gasteiger partial charge in [-0.05, 0) is 32.4 Å². The van der Waals surface area contributed by atoms with Crippen LogP contribution in [-0.2, 0) is 4.74 Å². The van der Waals surface area contributed by atoms with Gasteiger partial charge in [0, 0.05) is 23.4 Å². The fourth-order valence-electron chi connectivity index (χ4n) is 2.82. The lowest BCUT2D eigenvalue weighted by atomic mass is 9.56. The van der Waals surface area contributed by atoms with Gasteiger partial charge in [-0.25, -0.2) is 0 Å². The molecule has 2 aliphatic rings. The maximum atomic E-state index is 10.2. The Balaban J connectivity index is 2.04. The number of rotatable bonds is 1. The van der Waals surface area contributed by atoms with Crippen LogP contribution < -0.4 is 0 Å². The topological polar surface area (TPSA) is 29.5 Å². The first-order chi connectivity index (χ1) is 6.13. The van der Waals surface area contributed by atoms with E-state index in [0.29, 0.717) is 0 Å². The molecule has 2 unspecified atom stereocenters. The number of hydrogen-bond acceptors (Lipinski definition) is 3. The molecule has 1 spiro atoms. The van der Waals surface area contributed by atoms with Crippen molar-refractivity contribution >= 4 is 11.8 Å². The molecule has 1 saturated carbocycles. The van der Waals surface area contributed by atoms with Crippen molar-refractivity contribution in [3.05, 3.63) is 0 Å². The molecule has 0 amide bonds. The average Bonchev–Trinajstić information content (AvgIpc) is 2.18. The van der Waals surface area contributed by atoms with Crippen LogP contribution in [0.15, 0.2) is 0 Å². The second-order valence-electron chi connectivity index (χ2n) is 4.57. The molecule has 0 radical (unpaired) electrons. The van der Waals surface area contributed by atoms with Gasteiger partial charge in [-0.3, -0.25) is 0 Å². The third-order valence-electron chi connectivity index (χ3n) is 3.82. The van der Waals surface area contributed by atoms with Crippen LogP contribution in [0.2, 0.25) is 0 Å². The number of thioether (sulfide) groups is 1. The van der Waals surface area contributed by atoms with Crippen molar-refractivity contribution in [2.75, 3.05) is 19.5 Å². The monoisotopic (exact) mass is 202 g/mol. The van der Waals surface area contributed by atoms with Crippen molar-refractivity contribution in [3.63, 3.8) is 0 Å². The number of hydrogen-bond donors (Lipinski definition) is 1. The van der Waals surface area contributed by atoms with Crippen molar-refractivity contribution in [2.24, 2.45) is 5.41 Å². The highest BCUT2D eigenvalue weighted by molar-refractivity contribution is 8.00. The average molecular weight is 202 g/mol. The Hall–Kier alpha value is 0.270. The lowest BCUT2D eigenvalue weighted by Gasteiger charge is -2.60. The zero-order valence-corrected chi connectivity index (χ0v) is 9.19. The van der Waals surface area contributed by atoms with E-state index in [1.165, 1.54) is 0 Å². The summed E-state index contributed by atoms with van der Waals surface area (Å²) >= 11 is 1.80. The molecule has 2 nitrogen and oxygen atoms in total. The number of aliphatic hydroxyl groups is 1. The van der Waals surface area contributed by atoms with Crippen molar-refractivity contribution < 1.29 is 9.84 Å². The molecule has 1 aliphatic heterocycles. The normalized spacial score (nSPS) is 43.2. The summed E-state index contributed by atoms with van der Waals surface area (Å²) in [5.41, 5.74) is 0.204. The van der Waals surface area contributed by atoms with Gasteiger partial charge < -0.3 is 9.84 Å². The fourth-order valence-corrected chi connectivity index (χ4v) is 3.73. The third-order valence-corrected chi connectivity index (χ3v) is 5.12. The molecule has 0 aromatic rings. The zero-order chi connectivity index (χ0) is 9.53. The highest BCUT2D eigenvalue weighted by Crippen LogP contribution is 2.59. The van der Waals surface area contributed by atoms with E-state index in [2.05, 4.69) is 13.2 Å². The molecule has 2 fully saturated rings. The van der Waals surface area contributed by atoms with Crippen molar-refractivity contribution in [3.8, 4) is 0 Å². The minimum absolute atomic E-state index is 0.108. The Bertz CT molecular complexity index is 201. The molecule has 76 valence electrons. The van der Waals surface area contributed by atoms with Gasteiger partial charge >= 0.3 is 0 Å². The summed E-state index contributed by atoms with van der Waals surface area (Å²) in [5, 5.41) is 10.2. The van der Waals surface area contributed by atoms with E-state index in [0.717, 1.165) is 32.5 Å². The van der Waals surface area contributed by atoms with E-state index in [9.17, 15) is 5.11 Å². The van der Waals surface area contributed by atoms with Crippen molar-refractivity contribution in [2.45, 2.75) is 37.0 Å². The van der Waals surface area contributed by atoms with Gasteiger partial charge in [-0.2, -0.15) is 11.8 Å². The molecule has 2 atom stereocenters. The SMILES string of the molecule is CSC1(C)CC2(CCOCC2)C1O. The summed E-state index contributed by atoms with van der Waals surface area (Å²) in [5.74, 6) is 0. The van der Waals surface area contributed by atoms with Gasteiger partial charge in [0.15, 0.2) is 0 Å². The van der Waals surface area contributed by atoms with Gasteiger partial charge in [0.2, 0.25) is 0 Å². The molecule has 1 saturated heterocycles. The molecule has 0 aromatic carbocycles. The molecular weight excluding hydrogens is 184 g/mol. The first-order valence-electron chi connectivity index (χ1n) is 4.94. The summed E-state index contributed by atoms with van der Waals surface area (Å²) in [6.07, 6.45) is 5.22. The minimum Gasteiger partial charge on any atom is -0.391 e. The van der Waals surface area contributed by atoms with Crippen LogP contribution >= 0.6 is 11.8 Å². The van der Waals surface area contributed by atoms with Crippen LogP contribution in [0.1, 0.15) is 26.2 Å². The van der Waals surface area contributed by atoms with Crippen molar-refractivity contribution in [1.82, 2.24) is 0 Å². The highest BCUT2D eigenvalue weighted by Gasteiger charge is 2.60. The third kappa shape index (κ3) is 1.32. The molecule has 0 aromatic heterocycles. The highest BCUT2D eigenvalue weighted by atomic mass is 32.2. The molecule has 2 rings (SSSR count). The number of aliphatic hydroxyl groups excluding tert-OH is 1. The van der Waals surface area contributed by atoms with Crippen LogP contribution in [-0.4, -0.2) is 35.4 Å². The smallest absolute Gasteiger partial charge is 0.0742 e. The lowest BCUT2D eigenvalue weighted by molar-refractivity contribution is -0.144. The standard InChI is InChI=1S/C10H18O2S/c1-9(13-2)7-10(8(9)11)3-5-12-6-4-10/h8,11H,3-7H2,1-2H3. The Labute approximate surface area is 84.0 Å². The van der Waals surface area contributed by atoms with Crippen LogP contribution in [0.3, 0.4) is 0 Å². The maximum Gasteiger partial charge on any atom is 0.0742 e. The first kappa shape index (κ1) is 9.81. The van der Waals surface area contributed by atoms with E-state index in [1.54, 1.807) is 11.8 Å². The summed E-state index contributed by atoms with van der Waals surface area (Å²) < 4.78 is 5.44. The van der Waals surface area contributed by atoms with E-state index in [-0.39, 0.29) is 16.3 Å². The summed E-state index contributed by atoms with van der Waals surface area (Å²) in [6, 6.07) is 0. The molecular formula is C10H18O2S. The van der Waals surface area contributed by atoms with Crippen LogP contribution in [0, 0.1) is 5.41 Å². The Kier molecular flexibility index (Phi) is 2.37. The van der Waals surface area contributed by atoms with E-state index in [1.807, 2.05) is 0 Å². The van der Waals surface area contributed by atoms with Gasteiger partial charge in [0.25, 0.3) is 0 Å². The molecule has 0 bridgehead atoms. The van der Waals surface area contributed by atoms with Crippen LogP contribution in [0.5, 0.6) is 0 Å². The molecule has 1 N–H and O–H groups in total. The zero-order valence-electron chi connectivity index (χ0n) is 8.38. The van der Waals surface area contributed by atoms with Gasteiger partial charge in [-0.15, -0.1) is 0 Å². The van der Waals surface area contributed by atoms with E-state index >= 15 is 0 Å². The Morgan fingerprint density at radius 1 is 1.38 bits per heavy atom. The summed E-state index contributed by atoms with van der Waals surface area (Å²) in [7, 11) is 0. The number of ether oxygens (including phenoxy) is 1. The predicted molar refractivity (Wildman–Crippen MR) is 55.0 cm³/mol. The maximum absolute atomic E-state index is 10.2.